The quantitative estimate of drug-likeness (QED) is 0.401. The Morgan fingerprint density at radius 2 is 1.78 bits per heavy atom. The van der Waals surface area contributed by atoms with Gasteiger partial charge in [-0.2, -0.15) is 13.2 Å². The summed E-state index contributed by atoms with van der Waals surface area (Å²) in [6, 6.07) is 10.1. The first kappa shape index (κ1) is 30.4. The molecule has 37 heavy (non-hydrogen) atoms. The maximum Gasteiger partial charge on any atom is 0.416 e. The van der Waals surface area contributed by atoms with Crippen molar-refractivity contribution >= 4 is 39.1 Å². The normalized spacial score (nSPS) is 12.6. The Hall–Kier alpha value is -2.79. The lowest BCUT2D eigenvalue weighted by molar-refractivity contribution is -0.140. The van der Waals surface area contributed by atoms with Crippen LogP contribution in [0.1, 0.15) is 44.2 Å². The molecule has 7 nitrogen and oxygen atoms in total. The molecule has 0 saturated heterocycles. The number of carbonyl (C=O) groups excluding carboxylic acids is 2. The highest BCUT2D eigenvalue weighted by atomic mass is 35.5. The van der Waals surface area contributed by atoms with Gasteiger partial charge in [-0.3, -0.25) is 13.9 Å². The molecule has 2 amide bonds. The predicted molar refractivity (Wildman–Crippen MR) is 138 cm³/mol. The highest BCUT2D eigenvalue weighted by molar-refractivity contribution is 7.92. The minimum Gasteiger partial charge on any atom is -0.354 e. The summed E-state index contributed by atoms with van der Waals surface area (Å²) in [5.41, 5.74) is -0.494. The summed E-state index contributed by atoms with van der Waals surface area (Å²) >= 11 is 6.26. The molecule has 12 heteroatoms. The van der Waals surface area contributed by atoms with E-state index in [0.717, 1.165) is 28.8 Å². The van der Waals surface area contributed by atoms with E-state index >= 15 is 0 Å². The number of sulfonamides is 1. The van der Waals surface area contributed by atoms with Crippen LogP contribution in [0, 0.1) is 0 Å². The van der Waals surface area contributed by atoms with Crippen molar-refractivity contribution in [2.24, 2.45) is 0 Å². The maximum absolute atomic E-state index is 13.2. The van der Waals surface area contributed by atoms with Gasteiger partial charge in [-0.05, 0) is 49.6 Å². The molecule has 0 heterocycles. The van der Waals surface area contributed by atoms with Crippen molar-refractivity contribution in [3.05, 3.63) is 64.7 Å². The zero-order valence-electron chi connectivity index (χ0n) is 20.9. The number of hydrogen-bond acceptors (Lipinski definition) is 4. The summed E-state index contributed by atoms with van der Waals surface area (Å²) in [5, 5.41) is 3.18. The van der Waals surface area contributed by atoms with E-state index in [2.05, 4.69) is 5.32 Å². The van der Waals surface area contributed by atoms with Gasteiger partial charge >= 0.3 is 6.18 Å². The SMILES string of the molecule is CCCNC(=O)C(C)N(Cc1ccccc1Cl)C(=O)CCCN(c1cccc(C(F)(F)F)c1)S(C)(=O)=O. The largest absolute Gasteiger partial charge is 0.416 e. The molecule has 204 valence electrons. The lowest BCUT2D eigenvalue weighted by Crippen LogP contribution is -2.48. The Kier molecular flexibility index (Phi) is 10.8. The molecule has 0 radical (unpaired) electrons. The van der Waals surface area contributed by atoms with Crippen LogP contribution in [0.5, 0.6) is 0 Å². The monoisotopic (exact) mass is 561 g/mol. The van der Waals surface area contributed by atoms with E-state index in [9.17, 15) is 31.2 Å². The van der Waals surface area contributed by atoms with Crippen molar-refractivity contribution in [3.8, 4) is 0 Å². The lowest BCUT2D eigenvalue weighted by atomic mass is 10.1. The van der Waals surface area contributed by atoms with E-state index in [1.54, 1.807) is 31.2 Å². The Bertz CT molecular complexity index is 1190. The van der Waals surface area contributed by atoms with Crippen LogP contribution in [0.25, 0.3) is 0 Å². The summed E-state index contributed by atoms with van der Waals surface area (Å²) in [4.78, 5) is 27.2. The Morgan fingerprint density at radius 1 is 1.11 bits per heavy atom. The third-order valence-corrected chi connectivity index (χ3v) is 7.19. The molecule has 0 bridgehead atoms. The fourth-order valence-corrected chi connectivity index (χ4v) is 4.78. The Labute approximate surface area is 220 Å². The second-order valence-electron chi connectivity index (χ2n) is 8.57. The molecule has 1 N–H and O–H groups in total. The summed E-state index contributed by atoms with van der Waals surface area (Å²) in [6.45, 7) is 3.77. The summed E-state index contributed by atoms with van der Waals surface area (Å²) in [6.07, 6.45) is -3.15. The van der Waals surface area contributed by atoms with Crippen LogP contribution in [0.4, 0.5) is 18.9 Å². The zero-order chi connectivity index (χ0) is 27.8. The average molecular weight is 562 g/mol. The van der Waals surface area contributed by atoms with E-state index in [-0.39, 0.29) is 37.5 Å². The fraction of sp³-hybridized carbons (Fsp3) is 0.440. The van der Waals surface area contributed by atoms with Gasteiger partial charge in [-0.1, -0.05) is 42.8 Å². The predicted octanol–water partition coefficient (Wildman–Crippen LogP) is 4.85. The highest BCUT2D eigenvalue weighted by Crippen LogP contribution is 2.32. The first-order chi connectivity index (χ1) is 17.3. The zero-order valence-corrected chi connectivity index (χ0v) is 22.5. The van der Waals surface area contributed by atoms with Gasteiger partial charge < -0.3 is 10.2 Å². The van der Waals surface area contributed by atoms with Crippen LogP contribution >= 0.6 is 11.6 Å². The third-order valence-electron chi connectivity index (χ3n) is 5.63. The van der Waals surface area contributed by atoms with E-state index in [4.69, 9.17) is 11.6 Å². The second kappa shape index (κ2) is 13.1. The topological polar surface area (TPSA) is 86.8 Å². The average Bonchev–Trinajstić information content (AvgIpc) is 2.82. The van der Waals surface area contributed by atoms with Crippen molar-refractivity contribution in [1.29, 1.82) is 0 Å². The van der Waals surface area contributed by atoms with Gasteiger partial charge in [0.1, 0.15) is 6.04 Å². The standard InChI is InChI=1S/C25H31ClF3N3O4S/c1-4-14-30-24(34)18(2)31(17-19-9-5-6-12-22(19)26)23(33)13-8-15-32(37(3,35)36)21-11-7-10-20(16-21)25(27,28)29/h5-7,9-12,16,18H,4,8,13-15,17H2,1-3H3,(H,30,34). The molecule has 0 saturated carbocycles. The molecule has 2 aromatic carbocycles. The number of hydrogen-bond donors (Lipinski definition) is 1. The number of carbonyl (C=O) groups is 2. The van der Waals surface area contributed by atoms with E-state index in [1.165, 1.54) is 11.0 Å². The van der Waals surface area contributed by atoms with Gasteiger partial charge in [0, 0.05) is 31.1 Å². The Morgan fingerprint density at radius 3 is 2.38 bits per heavy atom. The molecule has 0 aliphatic rings. The summed E-state index contributed by atoms with van der Waals surface area (Å²) in [7, 11) is -3.93. The molecule has 0 spiro atoms. The molecule has 2 rings (SSSR count). The van der Waals surface area contributed by atoms with E-state index in [0.29, 0.717) is 23.6 Å². The minimum absolute atomic E-state index is 0.0183. The van der Waals surface area contributed by atoms with Crippen LogP contribution in [-0.4, -0.2) is 50.5 Å². The van der Waals surface area contributed by atoms with Crippen molar-refractivity contribution in [2.75, 3.05) is 23.7 Å². The van der Waals surface area contributed by atoms with Crippen LogP contribution < -0.4 is 9.62 Å². The number of alkyl halides is 3. The van der Waals surface area contributed by atoms with Crippen molar-refractivity contribution in [2.45, 2.75) is 51.9 Å². The molecule has 0 aromatic heterocycles. The van der Waals surface area contributed by atoms with Crippen LogP contribution in [-0.2, 0) is 32.3 Å². The third kappa shape index (κ3) is 8.92. The summed E-state index contributed by atoms with van der Waals surface area (Å²) in [5.74, 6) is -0.763. The number of amides is 2. The second-order valence-corrected chi connectivity index (χ2v) is 10.9. The van der Waals surface area contributed by atoms with Crippen molar-refractivity contribution in [3.63, 3.8) is 0 Å². The maximum atomic E-state index is 13.2. The fourth-order valence-electron chi connectivity index (χ4n) is 3.63. The smallest absolute Gasteiger partial charge is 0.354 e. The first-order valence-corrected chi connectivity index (χ1v) is 13.9. The lowest BCUT2D eigenvalue weighted by Gasteiger charge is -2.29. The highest BCUT2D eigenvalue weighted by Gasteiger charge is 2.32. The molecule has 1 atom stereocenters. The number of benzene rings is 2. The Balaban J connectivity index is 2.21. The number of rotatable bonds is 12. The van der Waals surface area contributed by atoms with Gasteiger partial charge in [0.15, 0.2) is 0 Å². The van der Waals surface area contributed by atoms with Gasteiger partial charge in [-0.15, -0.1) is 0 Å². The number of nitrogens with zero attached hydrogens (tertiary/aromatic N) is 2. The number of halogens is 4. The van der Waals surface area contributed by atoms with E-state index in [1.807, 2.05) is 6.92 Å². The van der Waals surface area contributed by atoms with Crippen molar-refractivity contribution in [1.82, 2.24) is 10.2 Å². The number of nitrogens with one attached hydrogen (secondary N) is 1. The minimum atomic E-state index is -4.64. The van der Waals surface area contributed by atoms with Gasteiger partial charge in [-0.25, -0.2) is 8.42 Å². The molecule has 2 aromatic rings. The van der Waals surface area contributed by atoms with Gasteiger partial charge in [0.25, 0.3) is 0 Å². The molecule has 0 aliphatic carbocycles. The van der Waals surface area contributed by atoms with Crippen LogP contribution in [0.15, 0.2) is 48.5 Å². The van der Waals surface area contributed by atoms with Crippen LogP contribution in [0.2, 0.25) is 5.02 Å². The molecule has 1 unspecified atom stereocenters. The molecule has 0 fully saturated rings. The number of anilines is 1. The molecular formula is C25H31ClF3N3O4S. The first-order valence-electron chi connectivity index (χ1n) is 11.7. The van der Waals surface area contributed by atoms with E-state index < -0.39 is 33.7 Å². The molecular weight excluding hydrogens is 531 g/mol. The van der Waals surface area contributed by atoms with Crippen molar-refractivity contribution < 1.29 is 31.2 Å². The van der Waals surface area contributed by atoms with Gasteiger partial charge in [0.2, 0.25) is 21.8 Å². The molecule has 0 aliphatic heterocycles. The summed E-state index contributed by atoms with van der Waals surface area (Å²) < 4.78 is 65.0. The van der Waals surface area contributed by atoms with Gasteiger partial charge in [0.05, 0.1) is 17.5 Å². The van der Waals surface area contributed by atoms with Crippen LogP contribution in [0.3, 0.4) is 0 Å².